The number of nitrogens with one attached hydrogen (secondary N) is 4. The van der Waals surface area contributed by atoms with Crippen molar-refractivity contribution in [2.45, 2.75) is 40.0 Å². The number of aromatic amines is 1. The van der Waals surface area contributed by atoms with Gasteiger partial charge in [0.15, 0.2) is 0 Å². The monoisotopic (exact) mass is 459 g/mol. The molecule has 0 spiro atoms. The molecule has 0 bridgehead atoms. The van der Waals surface area contributed by atoms with Gasteiger partial charge in [-0.05, 0) is 45.7 Å². The number of methoxy groups -OCH3 is 1. The first-order chi connectivity index (χ1) is 16.4. The lowest BCUT2D eigenvalue weighted by Gasteiger charge is -2.27. The van der Waals surface area contributed by atoms with E-state index in [0.717, 1.165) is 63.1 Å². The van der Waals surface area contributed by atoms with Crippen molar-refractivity contribution in [1.82, 2.24) is 25.4 Å². The maximum absolute atomic E-state index is 8.70. The standard InChI is InChI=1S/C25H29N7O2/c1-12-21(13(2)34-32-12)17-9-18-16(10-20(17)33-5)22-24(30-18)28-14(3)29-25(22)31-19(11-27-4)23(26)15-7-6-8-15/h9-11,15,26-27H,6-8H2,1-5H3,(H2,28,29,30,31)/b19-11+,26-23?. The molecule has 3 aromatic heterocycles. The Balaban J connectivity index is 1.68. The minimum Gasteiger partial charge on any atom is -0.496 e. The molecule has 0 aliphatic heterocycles. The lowest BCUT2D eigenvalue weighted by atomic mass is 9.80. The average Bonchev–Trinajstić information content (AvgIpc) is 3.29. The van der Waals surface area contributed by atoms with Gasteiger partial charge in [-0.15, -0.1) is 0 Å². The van der Waals surface area contributed by atoms with E-state index < -0.39 is 0 Å². The molecule has 0 saturated heterocycles. The molecule has 3 heterocycles. The third-order valence-corrected chi connectivity index (χ3v) is 6.53. The second-order valence-electron chi connectivity index (χ2n) is 8.78. The molecule has 176 valence electrons. The molecular weight excluding hydrogens is 430 g/mol. The van der Waals surface area contributed by atoms with Crippen LogP contribution in [-0.4, -0.2) is 40.0 Å². The van der Waals surface area contributed by atoms with Crippen LogP contribution in [0.1, 0.15) is 36.5 Å². The van der Waals surface area contributed by atoms with Gasteiger partial charge in [-0.1, -0.05) is 11.6 Å². The molecule has 1 saturated carbocycles. The Hall–Kier alpha value is -3.88. The first-order valence-corrected chi connectivity index (χ1v) is 11.5. The van der Waals surface area contributed by atoms with Gasteiger partial charge in [-0.2, -0.15) is 0 Å². The lowest BCUT2D eigenvalue weighted by molar-refractivity contribution is 0.393. The summed E-state index contributed by atoms with van der Waals surface area (Å²) in [4.78, 5) is 12.8. The second kappa shape index (κ2) is 8.48. The number of hydrogen-bond acceptors (Lipinski definition) is 8. The average molecular weight is 460 g/mol. The van der Waals surface area contributed by atoms with Crippen molar-refractivity contribution in [1.29, 1.82) is 5.41 Å². The number of fused-ring (bicyclic) bond motifs is 3. The van der Waals surface area contributed by atoms with E-state index in [1.165, 1.54) is 6.42 Å². The quantitative estimate of drug-likeness (QED) is 0.287. The second-order valence-corrected chi connectivity index (χ2v) is 8.78. The van der Waals surface area contributed by atoms with E-state index in [9.17, 15) is 0 Å². The minimum absolute atomic E-state index is 0.284. The molecule has 4 N–H and O–H groups in total. The molecule has 1 fully saturated rings. The van der Waals surface area contributed by atoms with Crippen LogP contribution in [0.2, 0.25) is 0 Å². The first-order valence-electron chi connectivity index (χ1n) is 11.5. The van der Waals surface area contributed by atoms with Crippen LogP contribution in [0, 0.1) is 32.1 Å². The summed E-state index contributed by atoms with van der Waals surface area (Å²) in [7, 11) is 3.49. The maximum atomic E-state index is 8.70. The van der Waals surface area contributed by atoms with Crippen LogP contribution in [0.5, 0.6) is 5.75 Å². The smallest absolute Gasteiger partial charge is 0.144 e. The van der Waals surface area contributed by atoms with Crippen LogP contribution < -0.4 is 15.4 Å². The van der Waals surface area contributed by atoms with Crippen molar-refractivity contribution in [3.8, 4) is 16.9 Å². The largest absolute Gasteiger partial charge is 0.496 e. The predicted octanol–water partition coefficient (Wildman–Crippen LogP) is 4.99. The highest BCUT2D eigenvalue weighted by molar-refractivity contribution is 6.14. The fourth-order valence-corrected chi connectivity index (χ4v) is 4.63. The van der Waals surface area contributed by atoms with Gasteiger partial charge in [0.1, 0.15) is 28.8 Å². The summed E-state index contributed by atoms with van der Waals surface area (Å²) in [5.41, 5.74) is 5.58. The SMILES string of the molecule is CN/C=C(/Nc1nc(C)nc2[nH]c3cc(-c4c(C)noc4C)c(OC)cc3c12)C(=N)C1CCC1. The molecular formula is C25H29N7O2. The summed E-state index contributed by atoms with van der Waals surface area (Å²) in [6.07, 6.45) is 5.10. The minimum atomic E-state index is 0.284. The molecule has 5 rings (SSSR count). The van der Waals surface area contributed by atoms with E-state index in [4.69, 9.17) is 19.7 Å². The predicted molar refractivity (Wildman–Crippen MR) is 133 cm³/mol. The zero-order valence-electron chi connectivity index (χ0n) is 20.1. The highest BCUT2D eigenvalue weighted by atomic mass is 16.5. The van der Waals surface area contributed by atoms with E-state index in [2.05, 4.69) is 25.8 Å². The fourth-order valence-electron chi connectivity index (χ4n) is 4.63. The van der Waals surface area contributed by atoms with Crippen molar-refractivity contribution in [3.63, 3.8) is 0 Å². The molecule has 0 atom stereocenters. The molecule has 1 aliphatic carbocycles. The van der Waals surface area contributed by atoms with Crippen LogP contribution in [-0.2, 0) is 0 Å². The number of aryl methyl sites for hydroxylation is 3. The Morgan fingerprint density at radius 3 is 2.65 bits per heavy atom. The molecule has 0 amide bonds. The third kappa shape index (κ3) is 3.57. The summed E-state index contributed by atoms with van der Waals surface area (Å²) in [5.74, 6) is 3.03. The summed E-state index contributed by atoms with van der Waals surface area (Å²) in [5, 5.41) is 21.1. The first kappa shape index (κ1) is 21.9. The zero-order valence-corrected chi connectivity index (χ0v) is 20.1. The number of aromatic nitrogens is 4. The van der Waals surface area contributed by atoms with E-state index in [-0.39, 0.29) is 5.92 Å². The van der Waals surface area contributed by atoms with Gasteiger partial charge in [-0.25, -0.2) is 9.97 Å². The number of benzene rings is 1. The van der Waals surface area contributed by atoms with Crippen molar-refractivity contribution in [2.75, 3.05) is 19.5 Å². The Morgan fingerprint density at radius 1 is 1.24 bits per heavy atom. The van der Waals surface area contributed by atoms with Gasteiger partial charge in [0.2, 0.25) is 0 Å². The van der Waals surface area contributed by atoms with Gasteiger partial charge in [0.05, 0.1) is 35.2 Å². The van der Waals surface area contributed by atoms with E-state index in [1.807, 2.05) is 46.2 Å². The number of nitrogens with zero attached hydrogens (tertiary/aromatic N) is 3. The zero-order chi connectivity index (χ0) is 24.0. The Kier molecular flexibility index (Phi) is 5.47. The van der Waals surface area contributed by atoms with Crippen molar-refractivity contribution < 1.29 is 9.26 Å². The Bertz CT molecular complexity index is 1420. The van der Waals surface area contributed by atoms with Crippen molar-refractivity contribution >= 4 is 33.5 Å². The number of allylic oxidation sites excluding steroid dienone is 1. The number of H-pyrrole nitrogens is 1. The van der Waals surface area contributed by atoms with E-state index in [0.29, 0.717) is 23.1 Å². The fraction of sp³-hybridized carbons (Fsp3) is 0.360. The molecule has 1 aliphatic rings. The van der Waals surface area contributed by atoms with Crippen molar-refractivity contribution in [3.05, 3.63) is 41.3 Å². The molecule has 9 nitrogen and oxygen atoms in total. The van der Waals surface area contributed by atoms with Crippen molar-refractivity contribution in [2.24, 2.45) is 5.92 Å². The molecule has 0 radical (unpaired) electrons. The molecule has 34 heavy (non-hydrogen) atoms. The van der Waals surface area contributed by atoms with Gasteiger partial charge in [-0.3, -0.25) is 0 Å². The topological polar surface area (TPSA) is 125 Å². The van der Waals surface area contributed by atoms with Crippen LogP contribution >= 0.6 is 0 Å². The maximum Gasteiger partial charge on any atom is 0.144 e. The lowest BCUT2D eigenvalue weighted by Crippen LogP contribution is -2.27. The number of anilines is 1. The summed E-state index contributed by atoms with van der Waals surface area (Å²) in [6.45, 7) is 5.68. The highest BCUT2D eigenvalue weighted by Crippen LogP contribution is 2.41. The van der Waals surface area contributed by atoms with E-state index in [1.54, 1.807) is 7.11 Å². The summed E-state index contributed by atoms with van der Waals surface area (Å²) >= 11 is 0. The van der Waals surface area contributed by atoms with Gasteiger partial charge >= 0.3 is 0 Å². The van der Waals surface area contributed by atoms with Gasteiger partial charge < -0.3 is 30.3 Å². The van der Waals surface area contributed by atoms with Crippen LogP contribution in [0.3, 0.4) is 0 Å². The Morgan fingerprint density at radius 2 is 2.03 bits per heavy atom. The van der Waals surface area contributed by atoms with Crippen LogP contribution in [0.4, 0.5) is 5.82 Å². The summed E-state index contributed by atoms with van der Waals surface area (Å²) < 4.78 is 11.2. The van der Waals surface area contributed by atoms with Crippen LogP contribution in [0.15, 0.2) is 28.6 Å². The van der Waals surface area contributed by atoms with Gasteiger partial charge in [0, 0.05) is 35.6 Å². The Labute approximate surface area is 197 Å². The molecule has 9 heteroatoms. The molecule has 1 aromatic carbocycles. The number of hydrogen-bond donors (Lipinski definition) is 4. The summed E-state index contributed by atoms with van der Waals surface area (Å²) in [6, 6.07) is 4.04. The highest BCUT2D eigenvalue weighted by Gasteiger charge is 2.26. The molecule has 4 aromatic rings. The third-order valence-electron chi connectivity index (χ3n) is 6.53. The molecule has 0 unspecified atom stereocenters. The van der Waals surface area contributed by atoms with Crippen LogP contribution in [0.25, 0.3) is 33.1 Å². The van der Waals surface area contributed by atoms with Gasteiger partial charge in [0.25, 0.3) is 0 Å². The normalized spacial score (nSPS) is 14.4. The number of rotatable bonds is 7. The number of ether oxygens (including phenoxy) is 1. The van der Waals surface area contributed by atoms with E-state index >= 15 is 0 Å².